The number of hydrogen-bond acceptors (Lipinski definition) is 8. The van der Waals surface area contributed by atoms with Crippen LogP contribution < -0.4 is 10.6 Å². The highest BCUT2D eigenvalue weighted by Crippen LogP contribution is 2.33. The van der Waals surface area contributed by atoms with Gasteiger partial charge in [0, 0.05) is 36.3 Å². The van der Waals surface area contributed by atoms with Gasteiger partial charge < -0.3 is 10.4 Å². The molecule has 0 bridgehead atoms. The summed E-state index contributed by atoms with van der Waals surface area (Å²) in [5.41, 5.74) is 2.32. The van der Waals surface area contributed by atoms with Crippen molar-refractivity contribution in [3.8, 4) is 10.6 Å². The van der Waals surface area contributed by atoms with Gasteiger partial charge in [-0.25, -0.2) is 4.98 Å². The van der Waals surface area contributed by atoms with Gasteiger partial charge in [0.2, 0.25) is 5.91 Å². The smallest absolute Gasteiger partial charge is 0.254 e. The van der Waals surface area contributed by atoms with Gasteiger partial charge in [-0.1, -0.05) is 6.42 Å². The minimum Gasteiger partial charge on any atom is -0.396 e. The maximum atomic E-state index is 12.6. The van der Waals surface area contributed by atoms with Crippen molar-refractivity contribution in [1.29, 1.82) is 0 Å². The first-order valence-electron chi connectivity index (χ1n) is 11.5. The highest BCUT2D eigenvalue weighted by molar-refractivity contribution is 7.17. The van der Waals surface area contributed by atoms with Crippen LogP contribution in [-0.2, 0) is 9.59 Å². The number of imide groups is 1. The Morgan fingerprint density at radius 2 is 2.12 bits per heavy atom. The lowest BCUT2D eigenvalue weighted by Crippen LogP contribution is -2.19. The molecule has 3 aromatic heterocycles. The van der Waals surface area contributed by atoms with E-state index in [1.54, 1.807) is 16.8 Å². The summed E-state index contributed by atoms with van der Waals surface area (Å²) in [5.74, 6) is 0.185. The predicted octanol–water partition coefficient (Wildman–Crippen LogP) is 3.20. The van der Waals surface area contributed by atoms with Crippen LogP contribution in [0.25, 0.3) is 22.3 Å². The Kier molecular flexibility index (Phi) is 6.25. The number of unbranched alkanes of at least 4 members (excludes halogenated alkanes) is 2. The molecule has 2 aliphatic rings. The van der Waals surface area contributed by atoms with E-state index >= 15 is 0 Å². The summed E-state index contributed by atoms with van der Waals surface area (Å²) < 4.78 is 1.71. The predicted molar refractivity (Wildman–Crippen MR) is 129 cm³/mol. The van der Waals surface area contributed by atoms with Crippen molar-refractivity contribution in [1.82, 2.24) is 19.9 Å². The molecule has 1 saturated heterocycles. The van der Waals surface area contributed by atoms with E-state index in [2.05, 4.69) is 15.7 Å². The Balaban J connectivity index is 1.47. The minimum atomic E-state index is -0.391. The number of Topliss-reactive ketones (excluding diaryl/α,β-unsaturated/α-hetero) is 1. The number of amides is 2. The van der Waals surface area contributed by atoms with E-state index in [1.165, 1.54) is 11.3 Å². The number of nitrogens with zero attached hydrogens (tertiary/aromatic N) is 3. The molecule has 10 heteroatoms. The summed E-state index contributed by atoms with van der Waals surface area (Å²) >= 11 is 1.41. The standard InChI is InChI=1S/C24H25N5O4S/c30-9-3-1-2-4-18(31)20-8-7-19(34-20)17-12-21(26-16-5-6-16)29-23(27-17)15(13-25-29)10-14-11-22(32)28-24(14)33/h7-8,10,12-13,16,26,30H,1-6,9,11H2,(H,28,32,33)/b14-10+. The van der Waals surface area contributed by atoms with E-state index in [1.807, 2.05) is 18.2 Å². The molecule has 1 aliphatic carbocycles. The molecule has 2 fully saturated rings. The van der Waals surface area contributed by atoms with Crippen molar-refractivity contribution in [3.63, 3.8) is 0 Å². The average molecular weight is 480 g/mol. The molecule has 0 spiro atoms. The van der Waals surface area contributed by atoms with Gasteiger partial charge in [-0.15, -0.1) is 11.3 Å². The van der Waals surface area contributed by atoms with E-state index in [-0.39, 0.29) is 24.7 Å². The Morgan fingerprint density at radius 1 is 1.26 bits per heavy atom. The molecule has 9 nitrogen and oxygen atoms in total. The van der Waals surface area contributed by atoms with Crippen molar-refractivity contribution >= 4 is 46.5 Å². The fourth-order valence-corrected chi connectivity index (χ4v) is 4.81. The van der Waals surface area contributed by atoms with E-state index in [4.69, 9.17) is 10.1 Å². The molecule has 0 unspecified atom stereocenters. The molecule has 34 heavy (non-hydrogen) atoms. The molecule has 2 amide bonds. The van der Waals surface area contributed by atoms with Crippen molar-refractivity contribution in [3.05, 3.63) is 40.4 Å². The van der Waals surface area contributed by atoms with Crippen LogP contribution in [0.4, 0.5) is 5.82 Å². The van der Waals surface area contributed by atoms with Gasteiger partial charge in [-0.05, 0) is 43.9 Å². The SMILES string of the molecule is O=C1C/C(=C\c2cnn3c(NC4CC4)cc(-c4ccc(C(=O)CCCCCO)s4)nc23)C(=O)N1. The van der Waals surface area contributed by atoms with Gasteiger partial charge in [0.1, 0.15) is 5.82 Å². The Morgan fingerprint density at radius 3 is 2.85 bits per heavy atom. The van der Waals surface area contributed by atoms with Crippen LogP contribution in [-0.4, -0.2) is 50.0 Å². The lowest BCUT2D eigenvalue weighted by molar-refractivity contribution is -0.124. The largest absolute Gasteiger partial charge is 0.396 e. The summed E-state index contributed by atoms with van der Waals surface area (Å²) in [6.07, 6.45) is 8.29. The molecular weight excluding hydrogens is 454 g/mol. The van der Waals surface area contributed by atoms with Crippen LogP contribution in [0.2, 0.25) is 0 Å². The number of carbonyl (C=O) groups excluding carboxylic acids is 3. The number of aliphatic hydroxyl groups excluding tert-OH is 1. The third kappa shape index (κ3) is 4.78. The average Bonchev–Trinajstić information content (AvgIpc) is 3.19. The van der Waals surface area contributed by atoms with Crippen molar-refractivity contribution in [2.24, 2.45) is 0 Å². The van der Waals surface area contributed by atoms with Gasteiger partial charge in [-0.2, -0.15) is 9.61 Å². The number of fused-ring (bicyclic) bond motifs is 1. The lowest BCUT2D eigenvalue weighted by atomic mass is 10.1. The van der Waals surface area contributed by atoms with Crippen molar-refractivity contribution in [2.45, 2.75) is 51.0 Å². The zero-order chi connectivity index (χ0) is 23.7. The molecule has 176 valence electrons. The monoisotopic (exact) mass is 479 g/mol. The van der Waals surface area contributed by atoms with E-state index in [9.17, 15) is 14.4 Å². The molecule has 0 atom stereocenters. The molecule has 4 heterocycles. The molecule has 5 rings (SSSR count). The van der Waals surface area contributed by atoms with Gasteiger partial charge in [0.25, 0.3) is 5.91 Å². The number of rotatable bonds is 10. The fraction of sp³-hybridized carbons (Fsp3) is 0.375. The Labute approximate surface area is 199 Å². The number of nitrogens with one attached hydrogen (secondary N) is 2. The third-order valence-corrected chi connectivity index (χ3v) is 7.00. The van der Waals surface area contributed by atoms with Crippen LogP contribution in [0, 0.1) is 0 Å². The molecule has 0 aromatic carbocycles. The van der Waals surface area contributed by atoms with E-state index < -0.39 is 5.91 Å². The van der Waals surface area contributed by atoms with Crippen LogP contribution >= 0.6 is 11.3 Å². The number of ketones is 1. The second-order valence-corrected chi connectivity index (χ2v) is 9.71. The fourth-order valence-electron chi connectivity index (χ4n) is 3.88. The van der Waals surface area contributed by atoms with E-state index in [0.29, 0.717) is 46.2 Å². The first-order chi connectivity index (χ1) is 16.5. The van der Waals surface area contributed by atoms with Crippen LogP contribution in [0.3, 0.4) is 0 Å². The van der Waals surface area contributed by atoms with Crippen LogP contribution in [0.5, 0.6) is 0 Å². The summed E-state index contributed by atoms with van der Waals surface area (Å²) in [5, 5.41) is 19.1. The summed E-state index contributed by atoms with van der Waals surface area (Å²) in [6.45, 7) is 0.150. The van der Waals surface area contributed by atoms with Gasteiger partial charge in [0.15, 0.2) is 11.4 Å². The quantitative estimate of drug-likeness (QED) is 0.176. The summed E-state index contributed by atoms with van der Waals surface area (Å²) in [7, 11) is 0. The van der Waals surface area contributed by atoms with Gasteiger partial charge in [0.05, 0.1) is 28.1 Å². The number of aliphatic hydroxyl groups is 1. The zero-order valence-corrected chi connectivity index (χ0v) is 19.4. The Bertz CT molecular complexity index is 1300. The van der Waals surface area contributed by atoms with Gasteiger partial charge >= 0.3 is 0 Å². The molecule has 1 saturated carbocycles. The first-order valence-corrected chi connectivity index (χ1v) is 12.3. The first kappa shape index (κ1) is 22.4. The normalized spacial score (nSPS) is 17.0. The highest BCUT2D eigenvalue weighted by Gasteiger charge is 2.26. The molecular formula is C24H25N5O4S. The van der Waals surface area contributed by atoms with Crippen molar-refractivity contribution < 1.29 is 19.5 Å². The second kappa shape index (κ2) is 9.47. The maximum absolute atomic E-state index is 12.6. The lowest BCUT2D eigenvalue weighted by Gasteiger charge is -2.09. The van der Waals surface area contributed by atoms with Crippen LogP contribution in [0.1, 0.15) is 60.2 Å². The number of anilines is 1. The molecule has 1 aliphatic heterocycles. The maximum Gasteiger partial charge on any atom is 0.254 e. The number of aromatic nitrogens is 3. The molecule has 3 N–H and O–H groups in total. The Hall–Kier alpha value is -3.37. The summed E-state index contributed by atoms with van der Waals surface area (Å²) in [4.78, 5) is 42.6. The molecule has 0 radical (unpaired) electrons. The van der Waals surface area contributed by atoms with Gasteiger partial charge in [-0.3, -0.25) is 19.7 Å². The van der Waals surface area contributed by atoms with Crippen LogP contribution in [0.15, 0.2) is 30.0 Å². The second-order valence-electron chi connectivity index (χ2n) is 8.63. The number of carbonyl (C=O) groups is 3. The zero-order valence-electron chi connectivity index (χ0n) is 18.5. The number of thiophene rings is 1. The van der Waals surface area contributed by atoms with Crippen molar-refractivity contribution in [2.75, 3.05) is 11.9 Å². The minimum absolute atomic E-state index is 0.0394. The topological polar surface area (TPSA) is 126 Å². The number of hydrogen-bond donors (Lipinski definition) is 3. The highest BCUT2D eigenvalue weighted by atomic mass is 32.1. The summed E-state index contributed by atoms with van der Waals surface area (Å²) in [6, 6.07) is 6.06. The third-order valence-electron chi connectivity index (χ3n) is 5.85. The van der Waals surface area contributed by atoms with E-state index in [0.717, 1.165) is 36.4 Å². The molecule has 3 aromatic rings.